The number of nitrogens with zero attached hydrogens (tertiary/aromatic N) is 1. The fourth-order valence-corrected chi connectivity index (χ4v) is 6.06. The number of anilines is 1. The van der Waals surface area contributed by atoms with Gasteiger partial charge in [-0.1, -0.05) is 70.2 Å². The highest BCUT2D eigenvalue weighted by molar-refractivity contribution is 7.89. The minimum absolute atomic E-state index is 0.0460. The summed E-state index contributed by atoms with van der Waals surface area (Å²) in [5.41, 5.74) is 1.30. The van der Waals surface area contributed by atoms with E-state index >= 15 is 0 Å². The molecule has 0 fully saturated rings. The number of para-hydroxylation sites is 1. The maximum absolute atomic E-state index is 13.5. The monoisotopic (exact) mass is 572 g/mol. The molecular weight excluding hydrogens is 532 g/mol. The van der Waals surface area contributed by atoms with Gasteiger partial charge < -0.3 is 20.7 Å². The van der Waals surface area contributed by atoms with Crippen LogP contribution in [0.5, 0.6) is 0 Å². The van der Waals surface area contributed by atoms with Crippen molar-refractivity contribution in [1.82, 2.24) is 14.9 Å². The van der Waals surface area contributed by atoms with E-state index in [1.54, 1.807) is 18.2 Å². The number of benzene rings is 2. The Morgan fingerprint density at radius 1 is 0.900 bits per heavy atom. The average molecular weight is 573 g/mol. The van der Waals surface area contributed by atoms with Crippen molar-refractivity contribution in [1.29, 1.82) is 0 Å². The molecular formula is C29H40N4O6S. The summed E-state index contributed by atoms with van der Waals surface area (Å²) in [6.07, 6.45) is -0.0870. The lowest BCUT2D eigenvalue weighted by atomic mass is 9.98. The van der Waals surface area contributed by atoms with Gasteiger partial charge in [-0.25, -0.2) is 13.2 Å². The minimum Gasteiger partial charge on any atom is -0.445 e. The van der Waals surface area contributed by atoms with Crippen molar-refractivity contribution in [3.8, 4) is 0 Å². The first kappa shape index (κ1) is 31.1. The van der Waals surface area contributed by atoms with Crippen molar-refractivity contribution in [3.05, 3.63) is 60.2 Å². The Morgan fingerprint density at radius 2 is 1.52 bits per heavy atom. The highest BCUT2D eigenvalue weighted by Crippen LogP contribution is 2.27. The van der Waals surface area contributed by atoms with Crippen LogP contribution in [0.4, 0.5) is 10.5 Å². The van der Waals surface area contributed by atoms with Gasteiger partial charge in [-0.05, 0) is 42.4 Å². The number of fused-ring (bicyclic) bond motifs is 1. The van der Waals surface area contributed by atoms with E-state index in [9.17, 15) is 22.8 Å². The van der Waals surface area contributed by atoms with Gasteiger partial charge in [0.05, 0.1) is 18.3 Å². The van der Waals surface area contributed by atoms with E-state index in [0.717, 1.165) is 9.87 Å². The first-order chi connectivity index (χ1) is 19.0. The number of nitrogens with one attached hydrogen (secondary N) is 3. The maximum atomic E-state index is 13.5. The molecule has 2 atom stereocenters. The van der Waals surface area contributed by atoms with Crippen LogP contribution in [0.25, 0.3) is 0 Å². The van der Waals surface area contributed by atoms with Crippen molar-refractivity contribution < 1.29 is 27.5 Å². The second kappa shape index (κ2) is 14.3. The standard InChI is InChI=1S/C29H40N4O6S/c1-20(2)16-24(26(34)18-33-15-14-30-23-12-8-9-13-27(23)40(33,37)38)31-28(35)25(17-21(3)4)32-29(36)39-19-22-10-6-5-7-11-22/h5-13,20-21,24-25,30H,14-19H2,1-4H3,(H,31,35)(H,32,36)/t24-,25-/m0/s1. The van der Waals surface area contributed by atoms with Crippen LogP contribution in [0.1, 0.15) is 46.1 Å². The molecule has 218 valence electrons. The third-order valence-corrected chi connectivity index (χ3v) is 8.36. The predicted octanol–water partition coefficient (Wildman–Crippen LogP) is 3.54. The van der Waals surface area contributed by atoms with Crippen LogP contribution >= 0.6 is 0 Å². The summed E-state index contributed by atoms with van der Waals surface area (Å²) in [7, 11) is -3.92. The van der Waals surface area contributed by atoms with Crippen molar-refractivity contribution in [2.75, 3.05) is 25.0 Å². The lowest BCUT2D eigenvalue weighted by Gasteiger charge is -2.26. The zero-order valence-electron chi connectivity index (χ0n) is 23.6. The molecule has 3 N–H and O–H groups in total. The number of carbonyl (C=O) groups is 3. The summed E-state index contributed by atoms with van der Waals surface area (Å²) in [4.78, 5) is 39.4. The lowest BCUT2D eigenvalue weighted by molar-refractivity contribution is -0.129. The van der Waals surface area contributed by atoms with E-state index in [2.05, 4.69) is 16.0 Å². The second-order valence-corrected chi connectivity index (χ2v) is 12.7. The lowest BCUT2D eigenvalue weighted by Crippen LogP contribution is -2.54. The van der Waals surface area contributed by atoms with Gasteiger partial charge in [0, 0.05) is 13.1 Å². The third-order valence-electron chi connectivity index (χ3n) is 6.45. The molecule has 2 aromatic carbocycles. The molecule has 0 bridgehead atoms. The minimum atomic E-state index is -3.92. The predicted molar refractivity (Wildman–Crippen MR) is 153 cm³/mol. The molecule has 0 saturated heterocycles. The number of hydrogen-bond donors (Lipinski definition) is 3. The molecule has 0 aromatic heterocycles. The average Bonchev–Trinajstić information content (AvgIpc) is 3.02. The summed E-state index contributed by atoms with van der Waals surface area (Å²) in [5.74, 6) is -0.820. The molecule has 2 amide bonds. The van der Waals surface area contributed by atoms with Gasteiger partial charge in [-0.3, -0.25) is 9.59 Å². The van der Waals surface area contributed by atoms with Gasteiger partial charge in [-0.2, -0.15) is 4.31 Å². The molecule has 1 aliphatic heterocycles. The van der Waals surface area contributed by atoms with Crippen LogP contribution in [0.3, 0.4) is 0 Å². The number of sulfonamides is 1. The topological polar surface area (TPSA) is 134 Å². The van der Waals surface area contributed by atoms with E-state index in [1.807, 2.05) is 58.0 Å². The number of ketones is 1. The summed E-state index contributed by atoms with van der Waals surface area (Å²) < 4.78 is 33.1. The van der Waals surface area contributed by atoms with Gasteiger partial charge >= 0.3 is 6.09 Å². The number of hydrogen-bond acceptors (Lipinski definition) is 7. The number of rotatable bonds is 12. The summed E-state index contributed by atoms with van der Waals surface area (Å²) in [5, 5.41) is 8.51. The molecule has 1 aliphatic rings. The number of ether oxygens (including phenoxy) is 1. The van der Waals surface area contributed by atoms with Crippen LogP contribution in [0, 0.1) is 11.8 Å². The molecule has 0 unspecified atom stereocenters. The Morgan fingerprint density at radius 3 is 2.20 bits per heavy atom. The third kappa shape index (κ3) is 8.79. The highest BCUT2D eigenvalue weighted by atomic mass is 32.2. The molecule has 1 heterocycles. The Bertz CT molecular complexity index is 1270. The number of Topliss-reactive ketones (excluding diaryl/α,β-unsaturated/α-hetero) is 1. The number of alkyl carbamates (subject to hydrolysis) is 1. The van der Waals surface area contributed by atoms with Crippen LogP contribution in [-0.2, 0) is 31.0 Å². The van der Waals surface area contributed by atoms with Gasteiger partial charge in [0.15, 0.2) is 5.78 Å². The highest BCUT2D eigenvalue weighted by Gasteiger charge is 2.34. The Kier molecular flexibility index (Phi) is 11.1. The van der Waals surface area contributed by atoms with E-state index in [1.165, 1.54) is 6.07 Å². The Labute approximate surface area is 236 Å². The Hall–Kier alpha value is -3.44. The molecule has 2 aromatic rings. The zero-order valence-corrected chi connectivity index (χ0v) is 24.4. The van der Waals surface area contributed by atoms with Crippen molar-refractivity contribution >= 4 is 33.5 Å². The van der Waals surface area contributed by atoms with Crippen molar-refractivity contribution in [2.45, 2.75) is 64.1 Å². The number of carbonyl (C=O) groups excluding carboxylic acids is 3. The Balaban J connectivity index is 1.70. The molecule has 0 saturated carbocycles. The summed E-state index contributed by atoms with van der Waals surface area (Å²) >= 11 is 0. The molecule has 3 rings (SSSR count). The first-order valence-corrected chi connectivity index (χ1v) is 15.0. The fraction of sp³-hybridized carbons (Fsp3) is 0.483. The first-order valence-electron chi connectivity index (χ1n) is 13.6. The SMILES string of the molecule is CC(C)C[C@H](NC(=O)[C@H](CC(C)C)NC(=O)OCc1ccccc1)C(=O)CN1CCNc2ccccc2S1(=O)=O. The molecule has 10 nitrogen and oxygen atoms in total. The molecule has 11 heteroatoms. The normalized spacial score (nSPS) is 16.2. The molecule has 40 heavy (non-hydrogen) atoms. The maximum Gasteiger partial charge on any atom is 0.408 e. The quantitative estimate of drug-likeness (QED) is 0.354. The van der Waals surface area contributed by atoms with E-state index in [0.29, 0.717) is 25.1 Å². The summed E-state index contributed by atoms with van der Waals surface area (Å²) in [6.45, 7) is 7.80. The van der Waals surface area contributed by atoms with E-state index < -0.39 is 39.9 Å². The van der Waals surface area contributed by atoms with E-state index in [-0.39, 0.29) is 36.4 Å². The largest absolute Gasteiger partial charge is 0.445 e. The van der Waals surface area contributed by atoms with Gasteiger partial charge in [0.1, 0.15) is 17.5 Å². The smallest absolute Gasteiger partial charge is 0.408 e. The molecule has 0 spiro atoms. The zero-order chi connectivity index (χ0) is 29.3. The van der Waals surface area contributed by atoms with Crippen LogP contribution < -0.4 is 16.0 Å². The molecule has 0 aliphatic carbocycles. The van der Waals surface area contributed by atoms with Crippen molar-refractivity contribution in [2.24, 2.45) is 11.8 Å². The van der Waals surface area contributed by atoms with E-state index in [4.69, 9.17) is 4.74 Å². The van der Waals surface area contributed by atoms with Crippen LogP contribution in [0.15, 0.2) is 59.5 Å². The van der Waals surface area contributed by atoms with Gasteiger partial charge in [0.25, 0.3) is 0 Å². The number of amides is 2. The second-order valence-electron chi connectivity index (χ2n) is 10.8. The van der Waals surface area contributed by atoms with Crippen LogP contribution in [-0.4, -0.2) is 62.2 Å². The van der Waals surface area contributed by atoms with Gasteiger partial charge in [-0.15, -0.1) is 0 Å². The van der Waals surface area contributed by atoms with Gasteiger partial charge in [0.2, 0.25) is 15.9 Å². The van der Waals surface area contributed by atoms with Crippen molar-refractivity contribution in [3.63, 3.8) is 0 Å². The molecule has 0 radical (unpaired) electrons. The van der Waals surface area contributed by atoms with Crippen LogP contribution in [0.2, 0.25) is 0 Å². The summed E-state index contributed by atoms with van der Waals surface area (Å²) in [6, 6.07) is 13.9. The fourth-order valence-electron chi connectivity index (χ4n) is 4.48.